The molecule has 0 radical (unpaired) electrons. The number of rotatable bonds is 2. The van der Waals surface area contributed by atoms with E-state index in [1.165, 1.54) is 12.8 Å². The Morgan fingerprint density at radius 3 is 2.29 bits per heavy atom. The molecule has 0 amide bonds. The number of hydrogen-bond acceptors (Lipinski definition) is 3. The van der Waals surface area contributed by atoms with Crippen molar-refractivity contribution >= 4 is 11.6 Å². The Morgan fingerprint density at radius 2 is 1.71 bits per heavy atom. The molecule has 1 saturated carbocycles. The molecular formula is C17H24ClNO2. The molecular weight excluding hydrogens is 286 g/mol. The first-order chi connectivity index (χ1) is 9.90. The third kappa shape index (κ3) is 2.62. The van der Waals surface area contributed by atoms with Crippen LogP contribution in [0.3, 0.4) is 0 Å². The number of hydrogen-bond donors (Lipinski definition) is 0. The maximum absolute atomic E-state index is 6.26. The zero-order valence-corrected chi connectivity index (χ0v) is 14.0. The van der Waals surface area contributed by atoms with Crippen LogP contribution in [-0.2, 0) is 0 Å². The standard InChI is InChI=1S/C17H24ClNO2/c1-11-5-10-14(18)16-15(11)20-17(2,21-16)12-6-8-13(9-7-12)19(3)4/h5,10,12-13H,6-9H2,1-4H3/t12-,13-,17?. The highest BCUT2D eigenvalue weighted by molar-refractivity contribution is 6.32. The van der Waals surface area contributed by atoms with Crippen molar-refractivity contribution in [2.24, 2.45) is 5.92 Å². The number of halogens is 1. The second-order valence-corrected chi connectivity index (χ2v) is 7.12. The van der Waals surface area contributed by atoms with Gasteiger partial charge in [-0.1, -0.05) is 17.7 Å². The average Bonchev–Trinajstić information content (AvgIpc) is 2.84. The van der Waals surface area contributed by atoms with Gasteiger partial charge in [-0.2, -0.15) is 0 Å². The van der Waals surface area contributed by atoms with Crippen LogP contribution in [0.1, 0.15) is 38.2 Å². The summed E-state index contributed by atoms with van der Waals surface area (Å²) in [5.74, 6) is 1.38. The monoisotopic (exact) mass is 309 g/mol. The van der Waals surface area contributed by atoms with Crippen LogP contribution in [0.15, 0.2) is 12.1 Å². The van der Waals surface area contributed by atoms with E-state index in [0.717, 1.165) is 24.2 Å². The van der Waals surface area contributed by atoms with E-state index < -0.39 is 5.79 Å². The van der Waals surface area contributed by atoms with Crippen molar-refractivity contribution in [1.29, 1.82) is 0 Å². The summed E-state index contributed by atoms with van der Waals surface area (Å²) in [4.78, 5) is 2.32. The first-order valence-corrected chi connectivity index (χ1v) is 8.12. The summed E-state index contributed by atoms with van der Waals surface area (Å²) in [7, 11) is 4.32. The summed E-state index contributed by atoms with van der Waals surface area (Å²) >= 11 is 6.26. The van der Waals surface area contributed by atoms with Crippen LogP contribution in [0, 0.1) is 12.8 Å². The summed E-state index contributed by atoms with van der Waals surface area (Å²) in [6.07, 6.45) is 4.65. The minimum atomic E-state index is -0.574. The second kappa shape index (κ2) is 5.36. The smallest absolute Gasteiger partial charge is 0.251 e. The molecule has 116 valence electrons. The Balaban J connectivity index is 1.76. The average molecular weight is 310 g/mol. The quantitative estimate of drug-likeness (QED) is 0.815. The van der Waals surface area contributed by atoms with Gasteiger partial charge in [-0.3, -0.25) is 0 Å². The van der Waals surface area contributed by atoms with Gasteiger partial charge in [-0.05, 0) is 58.3 Å². The minimum Gasteiger partial charge on any atom is -0.448 e. The number of nitrogens with zero attached hydrogens (tertiary/aromatic N) is 1. The molecule has 1 atom stereocenters. The molecule has 21 heavy (non-hydrogen) atoms. The van der Waals surface area contributed by atoms with Crippen LogP contribution in [0.5, 0.6) is 11.5 Å². The molecule has 0 saturated heterocycles. The van der Waals surface area contributed by atoms with E-state index in [9.17, 15) is 0 Å². The van der Waals surface area contributed by atoms with Crippen molar-refractivity contribution in [3.63, 3.8) is 0 Å². The third-order valence-electron chi connectivity index (χ3n) is 5.04. The van der Waals surface area contributed by atoms with Crippen molar-refractivity contribution in [3.8, 4) is 11.5 Å². The van der Waals surface area contributed by atoms with E-state index in [1.807, 2.05) is 19.1 Å². The van der Waals surface area contributed by atoms with Gasteiger partial charge in [0.25, 0.3) is 5.79 Å². The van der Waals surface area contributed by atoms with Gasteiger partial charge in [-0.15, -0.1) is 0 Å². The van der Waals surface area contributed by atoms with Crippen LogP contribution >= 0.6 is 11.6 Å². The fraction of sp³-hybridized carbons (Fsp3) is 0.647. The molecule has 0 N–H and O–H groups in total. The van der Waals surface area contributed by atoms with E-state index in [2.05, 4.69) is 25.9 Å². The first-order valence-electron chi connectivity index (χ1n) is 7.74. The van der Waals surface area contributed by atoms with Gasteiger partial charge in [0, 0.05) is 18.9 Å². The van der Waals surface area contributed by atoms with Gasteiger partial charge >= 0.3 is 0 Å². The molecule has 4 heteroatoms. The van der Waals surface area contributed by atoms with Gasteiger partial charge in [0.05, 0.1) is 5.02 Å². The lowest BCUT2D eigenvalue weighted by molar-refractivity contribution is -0.123. The fourth-order valence-electron chi connectivity index (χ4n) is 3.57. The van der Waals surface area contributed by atoms with Gasteiger partial charge in [0.2, 0.25) is 0 Å². The molecule has 2 aliphatic rings. The summed E-state index contributed by atoms with van der Waals surface area (Å²) in [5.41, 5.74) is 1.08. The fourth-order valence-corrected chi connectivity index (χ4v) is 3.76. The highest BCUT2D eigenvalue weighted by atomic mass is 35.5. The Morgan fingerprint density at radius 1 is 1.10 bits per heavy atom. The Kier molecular flexibility index (Phi) is 3.83. The predicted octanol–water partition coefficient (Wildman–Crippen LogP) is 4.26. The lowest BCUT2D eigenvalue weighted by Crippen LogP contribution is -2.46. The summed E-state index contributed by atoms with van der Waals surface area (Å²) < 4.78 is 12.4. The van der Waals surface area contributed by atoms with E-state index in [-0.39, 0.29) is 0 Å². The third-order valence-corrected chi connectivity index (χ3v) is 5.34. The Labute approximate surface area is 132 Å². The molecule has 1 aromatic carbocycles. The summed E-state index contributed by atoms with van der Waals surface area (Å²) in [6, 6.07) is 4.55. The van der Waals surface area contributed by atoms with Gasteiger partial charge in [-0.25, -0.2) is 0 Å². The molecule has 3 nitrogen and oxygen atoms in total. The van der Waals surface area contributed by atoms with Crippen LogP contribution < -0.4 is 9.47 Å². The Bertz CT molecular complexity index is 505. The normalized spacial score (nSPS) is 31.7. The van der Waals surface area contributed by atoms with E-state index >= 15 is 0 Å². The molecule has 1 unspecified atom stereocenters. The highest BCUT2D eigenvalue weighted by Gasteiger charge is 2.46. The summed E-state index contributed by atoms with van der Waals surface area (Å²) in [6.45, 7) is 4.09. The second-order valence-electron chi connectivity index (χ2n) is 6.71. The van der Waals surface area contributed by atoms with Crippen molar-refractivity contribution in [3.05, 3.63) is 22.7 Å². The van der Waals surface area contributed by atoms with E-state index in [0.29, 0.717) is 22.7 Å². The predicted molar refractivity (Wildman–Crippen MR) is 85.3 cm³/mol. The minimum absolute atomic E-state index is 0.413. The number of benzene rings is 1. The van der Waals surface area contributed by atoms with Crippen molar-refractivity contribution in [1.82, 2.24) is 4.90 Å². The van der Waals surface area contributed by atoms with Gasteiger partial charge in [0.15, 0.2) is 11.5 Å². The van der Waals surface area contributed by atoms with Gasteiger partial charge < -0.3 is 14.4 Å². The van der Waals surface area contributed by atoms with Crippen molar-refractivity contribution < 1.29 is 9.47 Å². The molecule has 1 heterocycles. The molecule has 1 aliphatic heterocycles. The zero-order chi connectivity index (χ0) is 15.2. The maximum Gasteiger partial charge on any atom is 0.251 e. The number of aryl methyl sites for hydroxylation is 1. The lowest BCUT2D eigenvalue weighted by Gasteiger charge is -2.39. The molecule has 1 aliphatic carbocycles. The van der Waals surface area contributed by atoms with Crippen molar-refractivity contribution in [2.75, 3.05) is 14.1 Å². The molecule has 1 aromatic rings. The largest absolute Gasteiger partial charge is 0.448 e. The molecule has 0 spiro atoms. The molecule has 3 rings (SSSR count). The van der Waals surface area contributed by atoms with Crippen LogP contribution in [-0.4, -0.2) is 30.8 Å². The van der Waals surface area contributed by atoms with E-state index in [1.54, 1.807) is 0 Å². The lowest BCUT2D eigenvalue weighted by atomic mass is 9.81. The molecule has 0 aromatic heterocycles. The SMILES string of the molecule is Cc1ccc(Cl)c2c1OC(C)([C@H]1CC[C@H](N(C)C)CC1)O2. The van der Waals surface area contributed by atoms with Crippen LogP contribution in [0.2, 0.25) is 5.02 Å². The Hall–Kier alpha value is -0.930. The van der Waals surface area contributed by atoms with E-state index in [4.69, 9.17) is 21.1 Å². The topological polar surface area (TPSA) is 21.7 Å². The van der Waals surface area contributed by atoms with Crippen LogP contribution in [0.4, 0.5) is 0 Å². The molecule has 1 fully saturated rings. The van der Waals surface area contributed by atoms with Crippen LogP contribution in [0.25, 0.3) is 0 Å². The number of ether oxygens (including phenoxy) is 2. The molecule has 0 bridgehead atoms. The summed E-state index contributed by atoms with van der Waals surface area (Å²) in [5, 5.41) is 0.640. The van der Waals surface area contributed by atoms with Gasteiger partial charge in [0.1, 0.15) is 0 Å². The van der Waals surface area contributed by atoms with Crippen molar-refractivity contribution in [2.45, 2.75) is 51.4 Å². The highest BCUT2D eigenvalue weighted by Crippen LogP contribution is 2.50. The zero-order valence-electron chi connectivity index (χ0n) is 13.3. The maximum atomic E-state index is 6.26. The number of fused-ring (bicyclic) bond motifs is 1. The first kappa shape index (κ1) is 15.0.